The number of nitrogens with zero attached hydrogens (tertiary/aromatic N) is 4. The number of anilines is 1. The van der Waals surface area contributed by atoms with Crippen LogP contribution in [0.15, 0.2) is 83.4 Å². The number of aryl methyl sites for hydroxylation is 1. The van der Waals surface area contributed by atoms with E-state index in [4.69, 9.17) is 10.2 Å². The van der Waals surface area contributed by atoms with Gasteiger partial charge in [-0.1, -0.05) is 30.3 Å². The number of nitriles is 1. The highest BCUT2D eigenvalue weighted by Gasteiger charge is 2.18. The summed E-state index contributed by atoms with van der Waals surface area (Å²) in [5, 5.41) is 11.6. The number of carbonyl (C=O) groups is 1. The number of hydrogen-bond donors (Lipinski definition) is 1. The van der Waals surface area contributed by atoms with Crippen LogP contribution >= 0.6 is 0 Å². The van der Waals surface area contributed by atoms with Crippen LogP contribution in [0.5, 0.6) is 0 Å². The highest BCUT2D eigenvalue weighted by Crippen LogP contribution is 2.27. The van der Waals surface area contributed by atoms with E-state index in [-0.39, 0.29) is 5.76 Å². The van der Waals surface area contributed by atoms with Gasteiger partial charge in [-0.25, -0.2) is 0 Å². The summed E-state index contributed by atoms with van der Waals surface area (Å²) < 4.78 is 7.84. The number of rotatable bonds is 9. The minimum Gasteiger partial charge on any atom is -0.451 e. The molecule has 0 aliphatic carbocycles. The van der Waals surface area contributed by atoms with Crippen LogP contribution in [-0.4, -0.2) is 48.1 Å². The molecule has 202 valence electrons. The summed E-state index contributed by atoms with van der Waals surface area (Å²) in [6.45, 7) is 5.90. The molecular formula is C33H33N5O2. The van der Waals surface area contributed by atoms with Crippen molar-refractivity contribution >= 4 is 33.5 Å². The number of amides is 1. The van der Waals surface area contributed by atoms with Gasteiger partial charge < -0.3 is 19.6 Å². The van der Waals surface area contributed by atoms with Crippen molar-refractivity contribution in [3.63, 3.8) is 0 Å². The molecule has 0 saturated carbocycles. The lowest BCUT2D eigenvalue weighted by atomic mass is 10.0. The van der Waals surface area contributed by atoms with Crippen LogP contribution in [0.25, 0.3) is 21.9 Å². The van der Waals surface area contributed by atoms with E-state index in [0.717, 1.165) is 69.6 Å². The minimum absolute atomic E-state index is 0.197. The topological polar surface area (TPSA) is 91.4 Å². The summed E-state index contributed by atoms with van der Waals surface area (Å²) in [5.74, 6) is -0.348. The van der Waals surface area contributed by atoms with Crippen LogP contribution in [0.2, 0.25) is 0 Å². The lowest BCUT2D eigenvalue weighted by Gasteiger charge is -2.36. The Morgan fingerprint density at radius 1 is 0.950 bits per heavy atom. The molecule has 1 aliphatic heterocycles. The zero-order chi connectivity index (χ0) is 27.5. The van der Waals surface area contributed by atoms with Gasteiger partial charge in [-0.3, -0.25) is 9.69 Å². The fraction of sp³-hybridized carbons (Fsp3) is 0.273. The van der Waals surface area contributed by atoms with Gasteiger partial charge in [-0.05, 0) is 79.4 Å². The first-order chi connectivity index (χ1) is 19.6. The molecule has 1 aliphatic rings. The van der Waals surface area contributed by atoms with E-state index in [0.29, 0.717) is 11.1 Å². The van der Waals surface area contributed by atoms with Crippen LogP contribution < -0.4 is 10.6 Å². The number of carbonyl (C=O) groups excluding carboxylic acids is 1. The van der Waals surface area contributed by atoms with Gasteiger partial charge in [0.25, 0.3) is 5.91 Å². The highest BCUT2D eigenvalue weighted by molar-refractivity contribution is 5.95. The van der Waals surface area contributed by atoms with Crippen LogP contribution in [0.1, 0.15) is 40.1 Å². The Hall–Kier alpha value is -4.54. The summed E-state index contributed by atoms with van der Waals surface area (Å²) in [5.41, 5.74) is 11.7. The lowest BCUT2D eigenvalue weighted by molar-refractivity contribution is 0.0976. The van der Waals surface area contributed by atoms with Crippen molar-refractivity contribution in [2.45, 2.75) is 25.8 Å². The number of benzene rings is 3. The molecule has 0 spiro atoms. The Morgan fingerprint density at radius 2 is 1.77 bits per heavy atom. The maximum absolute atomic E-state index is 11.4. The number of furan rings is 1. The van der Waals surface area contributed by atoms with Crippen molar-refractivity contribution in [3.8, 4) is 6.07 Å². The molecule has 0 radical (unpaired) electrons. The number of fused-ring (bicyclic) bond motifs is 2. The Labute approximate surface area is 234 Å². The maximum atomic E-state index is 11.4. The number of nitrogens with two attached hydrogens (primary N) is 1. The molecule has 5 aromatic rings. The van der Waals surface area contributed by atoms with Crippen LogP contribution in [0.4, 0.5) is 5.69 Å². The van der Waals surface area contributed by atoms with Crippen molar-refractivity contribution in [2.24, 2.45) is 5.73 Å². The fourth-order valence-electron chi connectivity index (χ4n) is 5.78. The molecule has 1 fully saturated rings. The van der Waals surface area contributed by atoms with Gasteiger partial charge in [0.1, 0.15) is 5.58 Å². The normalized spacial score (nSPS) is 14.1. The summed E-state index contributed by atoms with van der Waals surface area (Å²) in [6, 6.07) is 26.6. The van der Waals surface area contributed by atoms with E-state index in [9.17, 15) is 10.1 Å². The molecule has 3 heterocycles. The smallest absolute Gasteiger partial charge is 0.284 e. The predicted molar refractivity (Wildman–Crippen MR) is 159 cm³/mol. The van der Waals surface area contributed by atoms with Crippen molar-refractivity contribution < 1.29 is 9.21 Å². The average Bonchev–Trinajstić information content (AvgIpc) is 3.57. The van der Waals surface area contributed by atoms with Crippen molar-refractivity contribution in [2.75, 3.05) is 37.6 Å². The third kappa shape index (κ3) is 5.45. The van der Waals surface area contributed by atoms with Crippen molar-refractivity contribution in [1.82, 2.24) is 9.47 Å². The third-order valence-electron chi connectivity index (χ3n) is 7.94. The highest BCUT2D eigenvalue weighted by atomic mass is 16.3. The van der Waals surface area contributed by atoms with Crippen molar-refractivity contribution in [3.05, 3.63) is 101 Å². The molecule has 0 bridgehead atoms. The molecule has 6 rings (SSSR count). The Morgan fingerprint density at radius 3 is 2.55 bits per heavy atom. The average molecular weight is 532 g/mol. The summed E-state index contributed by atoms with van der Waals surface area (Å²) >= 11 is 0. The van der Waals surface area contributed by atoms with Crippen LogP contribution in [-0.2, 0) is 13.0 Å². The minimum atomic E-state index is -0.545. The van der Waals surface area contributed by atoms with Gasteiger partial charge in [0, 0.05) is 60.9 Å². The molecule has 1 amide bonds. The monoisotopic (exact) mass is 531 g/mol. The molecule has 0 unspecified atom stereocenters. The standard InChI is InChI=1S/C33H33N5O2/c34-21-25-9-11-30-29(18-25)26(23-38(30)22-24-6-2-1-3-7-24)8-4-5-13-36-14-16-37(17-15-36)28-10-12-31-27(19-28)20-32(40-31)33(35)39/h1-3,6-7,9-12,18-20,23H,4-5,8,13-17,22H2,(H2,35,39). The van der Waals surface area contributed by atoms with Gasteiger partial charge in [0.05, 0.1) is 11.6 Å². The van der Waals surface area contributed by atoms with Gasteiger partial charge >= 0.3 is 0 Å². The first-order valence-corrected chi connectivity index (χ1v) is 13.9. The fourth-order valence-corrected chi connectivity index (χ4v) is 5.78. The molecule has 2 N–H and O–H groups in total. The number of hydrogen-bond acceptors (Lipinski definition) is 5. The molecule has 3 aromatic carbocycles. The van der Waals surface area contributed by atoms with E-state index in [1.165, 1.54) is 22.0 Å². The molecule has 2 aromatic heterocycles. The van der Waals surface area contributed by atoms with E-state index in [1.807, 2.05) is 24.3 Å². The molecule has 0 atom stereocenters. The van der Waals surface area contributed by atoms with Gasteiger partial charge in [-0.2, -0.15) is 5.26 Å². The van der Waals surface area contributed by atoms with Gasteiger partial charge in [-0.15, -0.1) is 0 Å². The zero-order valence-electron chi connectivity index (χ0n) is 22.6. The third-order valence-corrected chi connectivity index (χ3v) is 7.94. The van der Waals surface area contributed by atoms with E-state index in [2.05, 4.69) is 69.1 Å². The second-order valence-electron chi connectivity index (χ2n) is 10.6. The predicted octanol–water partition coefficient (Wildman–Crippen LogP) is 5.55. The Kier molecular flexibility index (Phi) is 7.26. The SMILES string of the molecule is N#Cc1ccc2c(c1)c(CCCCN1CCN(c3ccc4oc(C(N)=O)cc4c3)CC1)cn2Cc1ccccc1. The van der Waals surface area contributed by atoms with E-state index in [1.54, 1.807) is 6.07 Å². The largest absolute Gasteiger partial charge is 0.451 e. The zero-order valence-corrected chi connectivity index (χ0v) is 22.6. The molecule has 40 heavy (non-hydrogen) atoms. The number of piperazine rings is 1. The van der Waals surface area contributed by atoms with E-state index < -0.39 is 5.91 Å². The lowest BCUT2D eigenvalue weighted by Crippen LogP contribution is -2.46. The summed E-state index contributed by atoms with van der Waals surface area (Å²) in [7, 11) is 0. The number of aromatic nitrogens is 1. The summed E-state index contributed by atoms with van der Waals surface area (Å²) in [4.78, 5) is 16.4. The van der Waals surface area contributed by atoms with Gasteiger partial charge in [0.2, 0.25) is 0 Å². The molecular weight excluding hydrogens is 498 g/mol. The molecule has 1 saturated heterocycles. The molecule has 7 nitrogen and oxygen atoms in total. The summed E-state index contributed by atoms with van der Waals surface area (Å²) in [6.07, 6.45) is 5.53. The number of unbranched alkanes of at least 4 members (excludes halogenated alkanes) is 1. The Balaban J connectivity index is 1.04. The Bertz CT molecular complexity index is 1690. The van der Waals surface area contributed by atoms with Gasteiger partial charge in [0.15, 0.2) is 5.76 Å². The van der Waals surface area contributed by atoms with Crippen molar-refractivity contribution in [1.29, 1.82) is 5.26 Å². The van der Waals surface area contributed by atoms with Crippen LogP contribution in [0.3, 0.4) is 0 Å². The quantitative estimate of drug-likeness (QED) is 0.252. The first-order valence-electron chi connectivity index (χ1n) is 13.9. The van der Waals surface area contributed by atoms with E-state index >= 15 is 0 Å². The van der Waals surface area contributed by atoms with Crippen LogP contribution in [0, 0.1) is 11.3 Å². The second kappa shape index (κ2) is 11.3. The second-order valence-corrected chi connectivity index (χ2v) is 10.6. The number of primary amides is 1. The maximum Gasteiger partial charge on any atom is 0.284 e. The first kappa shape index (κ1) is 25.7. The molecule has 7 heteroatoms.